The lowest BCUT2D eigenvalue weighted by Crippen LogP contribution is -2.39. The molecule has 13 aromatic rings. The van der Waals surface area contributed by atoms with Gasteiger partial charge in [-0.15, -0.1) is 0 Å². The molecule has 42 heteroatoms. The number of fused-ring (bicyclic) bond motifs is 1. The second kappa shape index (κ2) is 46.9. The van der Waals surface area contributed by atoms with Gasteiger partial charge in [0.15, 0.2) is 0 Å². The van der Waals surface area contributed by atoms with E-state index in [0.29, 0.717) is 112 Å². The minimum Gasteiger partial charge on any atom is -0.493 e. The first-order chi connectivity index (χ1) is 65.9. The molecule has 0 atom stereocenters. The van der Waals surface area contributed by atoms with E-state index >= 15 is 0 Å². The lowest BCUT2D eigenvalue weighted by atomic mass is 9.92. The summed E-state index contributed by atoms with van der Waals surface area (Å²) < 4.78 is 117. The molecule has 0 saturated carbocycles. The molecule has 0 bridgehead atoms. The number of rotatable bonds is 33. The van der Waals surface area contributed by atoms with Gasteiger partial charge in [-0.3, -0.25) is 30.9 Å². The van der Waals surface area contributed by atoms with Gasteiger partial charge >= 0.3 is 67.0 Å². The molecule has 0 radical (unpaired) electrons. The fraction of sp³-hybridized carbons (Fsp3) is 0.278. The van der Waals surface area contributed by atoms with Gasteiger partial charge in [0.1, 0.15) is 54.5 Å². The summed E-state index contributed by atoms with van der Waals surface area (Å²) in [6, 6.07) is 62.2. The molecule has 0 aliphatic heterocycles. The van der Waals surface area contributed by atoms with Gasteiger partial charge in [-0.05, 0) is 155 Å². The van der Waals surface area contributed by atoms with Crippen molar-refractivity contribution in [3.05, 3.63) is 300 Å². The van der Waals surface area contributed by atoms with Crippen molar-refractivity contribution in [1.29, 1.82) is 0 Å². The molecular formula is C97H113N21O18S3. The molecule has 9 N–H and O–H groups in total. The summed E-state index contributed by atoms with van der Waals surface area (Å²) in [6.07, 6.45) is 9.54. The molecule has 732 valence electrons. The molecule has 0 fully saturated rings. The Hall–Kier alpha value is -15.4. The second-order valence-corrected chi connectivity index (χ2v) is 40.6. The van der Waals surface area contributed by atoms with Crippen molar-refractivity contribution in [2.24, 2.45) is 0 Å². The number of urea groups is 3. The number of benzene rings is 7. The van der Waals surface area contributed by atoms with Crippen LogP contribution in [0.1, 0.15) is 113 Å². The van der Waals surface area contributed by atoms with Crippen molar-refractivity contribution in [3.8, 4) is 34.3 Å². The summed E-state index contributed by atoms with van der Waals surface area (Å²) in [5.74, 6) is 3.43. The zero-order chi connectivity index (χ0) is 100. The highest BCUT2D eigenvalue weighted by Crippen LogP contribution is 2.35. The van der Waals surface area contributed by atoms with Crippen LogP contribution in [0.3, 0.4) is 0 Å². The third-order valence-electron chi connectivity index (χ3n) is 20.4. The van der Waals surface area contributed by atoms with Crippen LogP contribution in [0.5, 0.6) is 17.2 Å². The van der Waals surface area contributed by atoms with E-state index in [-0.39, 0.29) is 36.1 Å². The molecular weight excluding hydrogens is 1840 g/mol. The Morgan fingerprint density at radius 3 is 0.993 bits per heavy atom. The number of carbonyl (C=O) groups excluding carboxylic acids is 6. The minimum atomic E-state index is -3.96. The predicted molar refractivity (Wildman–Crippen MR) is 530 cm³/mol. The molecule has 7 aromatic carbocycles. The Morgan fingerprint density at radius 2 is 0.662 bits per heavy atom. The van der Waals surface area contributed by atoms with E-state index < -0.39 is 67.0 Å². The Labute approximate surface area is 807 Å². The van der Waals surface area contributed by atoms with E-state index in [1.165, 1.54) is 42.3 Å². The average Bonchev–Trinajstić information content (AvgIpc) is 1.68. The third kappa shape index (κ3) is 31.3. The van der Waals surface area contributed by atoms with Crippen LogP contribution in [0.4, 0.5) is 63.3 Å². The Morgan fingerprint density at radius 1 is 0.331 bits per heavy atom. The Bertz CT molecular complexity index is 6470. The zero-order valence-electron chi connectivity index (χ0n) is 79.5. The summed E-state index contributed by atoms with van der Waals surface area (Å²) >= 11 is 0. The fourth-order valence-corrected chi connectivity index (χ4v) is 13.9. The number of carbonyl (C=O) groups is 6. The van der Waals surface area contributed by atoms with Crippen molar-refractivity contribution >= 4 is 112 Å². The highest BCUT2D eigenvalue weighted by Gasteiger charge is 2.28. The number of nitrogens with one attached hydrogen (secondary N) is 9. The van der Waals surface area contributed by atoms with Gasteiger partial charge in [0.05, 0.1) is 59.7 Å². The standard InChI is InChI=1S/C35H39N7O6S.2C31H37N7O6S/c1-35(2,3)31-21-32(42(39-31)26-14-12-25(13-15-26)23-48-34(44)40-49(45,46)41(4)5)38-33(43)37-29-16-17-30(28-11-7-6-10-27(28)29)47-20-18-24-9-8-19-36-22-24;1-31(2,3)27-20-28(34-29(39)33-24-8-12-26(13-9-24)43-19-16-22-14-17-32-18-15-22)38(35-27)25-10-6-23(7-11-25)21-44-30(40)36-45(41,42)37(4)5;1-31(2,3)27-19-28(34-29(39)33-24-10-14-26(15-11-24)43-18-16-22-7-6-17-32-20-22)38(35-27)25-12-8-23(9-13-25)21-44-30(40)36-45(41,42)37(4)5/h6-17,19,21-22H,18,20,23H2,1-5H3,(H,40,44)(H2,37,38,43);6-15,17-18,20H,16,19,21H2,1-5H3,(H,36,40)(H2,33,34,39);6-15,17,19-20H,16,18,21H2,1-5H3,(H,36,40)(H2,33,34,39). The number of hydrogen-bond donors (Lipinski definition) is 9. The van der Waals surface area contributed by atoms with Crippen LogP contribution in [0, 0.1) is 0 Å². The van der Waals surface area contributed by atoms with E-state index in [9.17, 15) is 54.0 Å². The highest BCUT2D eigenvalue weighted by atomic mass is 32.2. The first kappa shape index (κ1) is 104. The number of pyridine rings is 3. The van der Waals surface area contributed by atoms with Gasteiger partial charge in [0.2, 0.25) is 0 Å². The molecule has 39 nitrogen and oxygen atoms in total. The molecule has 13 rings (SSSR count). The van der Waals surface area contributed by atoms with Gasteiger partial charge in [-0.2, -0.15) is 53.5 Å². The van der Waals surface area contributed by atoms with Gasteiger partial charge in [0.25, 0.3) is 0 Å². The van der Waals surface area contributed by atoms with Crippen LogP contribution in [0.15, 0.2) is 250 Å². The normalized spacial score (nSPS) is 11.6. The third-order valence-corrected chi connectivity index (χ3v) is 24.6. The maximum atomic E-state index is 13.4. The maximum Gasteiger partial charge on any atom is 0.422 e. The largest absolute Gasteiger partial charge is 0.493 e. The molecule has 9 amide bonds. The molecule has 0 spiro atoms. The van der Waals surface area contributed by atoms with Crippen LogP contribution >= 0.6 is 0 Å². The maximum absolute atomic E-state index is 13.4. The SMILES string of the molecule is CN(C)S(=O)(=O)NC(=O)OCc1ccc(-n2nc(C(C)(C)C)cc2NC(=O)Nc2ccc(OCCc3cccnc3)c3ccccc23)cc1.CN(C)S(=O)(=O)NC(=O)OCc1ccc(-n2nc(C(C)(C)C)cc2NC(=O)Nc2ccc(OCCc3cccnc3)cc2)cc1.CN(C)S(=O)(=O)NC(=O)OCc1ccc(-n2nc(C(C)(C)C)cc2NC(=O)Nc2ccc(OCCc3ccncc3)cc2)cc1. The first-order valence-corrected chi connectivity index (χ1v) is 47.9. The number of hydrogen-bond acceptors (Lipinski definition) is 24. The van der Waals surface area contributed by atoms with Crippen LogP contribution < -0.4 is 60.3 Å². The van der Waals surface area contributed by atoms with E-state index in [4.69, 9.17) is 43.7 Å². The van der Waals surface area contributed by atoms with Crippen molar-refractivity contribution in [2.75, 3.05) is 94.0 Å². The fourth-order valence-electron chi connectivity index (χ4n) is 12.5. The predicted octanol–water partition coefficient (Wildman–Crippen LogP) is 15.7. The van der Waals surface area contributed by atoms with Crippen molar-refractivity contribution < 1.29 is 82.4 Å². The number of nitrogens with zero attached hydrogens (tertiary/aromatic N) is 12. The molecule has 0 aliphatic carbocycles. The number of amides is 9. The van der Waals surface area contributed by atoms with E-state index in [1.54, 1.807) is 160 Å². The van der Waals surface area contributed by atoms with Gasteiger partial charge in [0, 0.05) is 155 Å². The summed E-state index contributed by atoms with van der Waals surface area (Å²) in [6.45, 7) is 19.2. The Balaban J connectivity index is 0.000000200. The number of ether oxygens (including phenoxy) is 6. The highest BCUT2D eigenvalue weighted by molar-refractivity contribution is 7.88. The van der Waals surface area contributed by atoms with Crippen LogP contribution in [-0.4, -0.2) is 181 Å². The van der Waals surface area contributed by atoms with Crippen LogP contribution in [0.25, 0.3) is 27.8 Å². The molecule has 0 unspecified atom stereocenters. The minimum absolute atomic E-state index is 0.149. The summed E-state index contributed by atoms with van der Waals surface area (Å²) in [7, 11) is -4.11. The molecule has 139 heavy (non-hydrogen) atoms. The summed E-state index contributed by atoms with van der Waals surface area (Å²) in [4.78, 5) is 87.4. The summed E-state index contributed by atoms with van der Waals surface area (Å²) in [5, 5.41) is 33.2. The number of aromatic nitrogens is 9. The molecule has 0 saturated heterocycles. The van der Waals surface area contributed by atoms with Crippen molar-refractivity contribution in [2.45, 2.75) is 118 Å². The first-order valence-electron chi connectivity index (χ1n) is 43.6. The quantitative estimate of drug-likeness (QED) is 0.0172. The topological polar surface area (TPSA) is 470 Å². The average molecular weight is 1960 g/mol. The van der Waals surface area contributed by atoms with Crippen LogP contribution in [0.2, 0.25) is 0 Å². The zero-order valence-corrected chi connectivity index (χ0v) is 81.9. The Kier molecular flexibility index (Phi) is 35.1. The van der Waals surface area contributed by atoms with Crippen molar-refractivity contribution in [1.82, 2.24) is 71.4 Å². The monoisotopic (exact) mass is 1960 g/mol. The van der Waals surface area contributed by atoms with E-state index in [2.05, 4.69) is 46.9 Å². The van der Waals surface area contributed by atoms with Crippen molar-refractivity contribution in [3.63, 3.8) is 0 Å². The second-order valence-electron chi connectivity index (χ2n) is 34.9. The smallest absolute Gasteiger partial charge is 0.422 e. The van der Waals surface area contributed by atoms with Gasteiger partial charge in [-0.25, -0.2) is 57.0 Å². The molecule has 6 aromatic heterocycles. The van der Waals surface area contributed by atoms with Gasteiger partial charge < -0.3 is 44.4 Å². The molecule has 6 heterocycles. The molecule has 0 aliphatic rings. The lowest BCUT2D eigenvalue weighted by molar-refractivity contribution is 0.144. The number of anilines is 6. The van der Waals surface area contributed by atoms with E-state index in [0.717, 1.165) is 70.3 Å². The van der Waals surface area contributed by atoms with Gasteiger partial charge in [-0.1, -0.05) is 135 Å². The van der Waals surface area contributed by atoms with Crippen LogP contribution in [-0.2, 0) is 100 Å². The van der Waals surface area contributed by atoms with E-state index in [1.807, 2.05) is 180 Å². The lowest BCUT2D eigenvalue weighted by Gasteiger charge is -2.15. The summed E-state index contributed by atoms with van der Waals surface area (Å²) in [5.41, 5.74) is 10.3.